The SMILES string of the molecule is Cl.NCC1(NC(=O)c2ccc(S(=O)(=O)C3CCCC3)cc2)CCCC1. The van der Waals surface area contributed by atoms with Crippen LogP contribution in [0.25, 0.3) is 0 Å². The Morgan fingerprint density at radius 3 is 2.16 bits per heavy atom. The Kier molecular flexibility index (Phi) is 6.51. The second-order valence-electron chi connectivity index (χ2n) is 7.12. The molecule has 2 fully saturated rings. The van der Waals surface area contributed by atoms with Crippen LogP contribution in [0.3, 0.4) is 0 Å². The summed E-state index contributed by atoms with van der Waals surface area (Å²) in [5, 5.41) is 2.79. The first-order valence-electron chi connectivity index (χ1n) is 8.83. The summed E-state index contributed by atoms with van der Waals surface area (Å²) in [7, 11) is -3.27. The molecule has 0 spiro atoms. The van der Waals surface area contributed by atoms with Crippen molar-refractivity contribution in [3.05, 3.63) is 29.8 Å². The Morgan fingerprint density at radius 2 is 1.64 bits per heavy atom. The van der Waals surface area contributed by atoms with Gasteiger partial charge in [-0.25, -0.2) is 8.42 Å². The van der Waals surface area contributed by atoms with E-state index in [4.69, 9.17) is 5.73 Å². The number of amides is 1. The van der Waals surface area contributed by atoms with Gasteiger partial charge < -0.3 is 11.1 Å². The van der Waals surface area contributed by atoms with Gasteiger partial charge in [-0.05, 0) is 49.9 Å². The van der Waals surface area contributed by atoms with E-state index >= 15 is 0 Å². The Balaban J connectivity index is 0.00000225. The van der Waals surface area contributed by atoms with E-state index in [2.05, 4.69) is 5.32 Å². The number of nitrogens with one attached hydrogen (secondary N) is 1. The van der Waals surface area contributed by atoms with Crippen molar-refractivity contribution in [1.29, 1.82) is 0 Å². The van der Waals surface area contributed by atoms with Crippen LogP contribution in [-0.4, -0.2) is 31.7 Å². The minimum Gasteiger partial charge on any atom is -0.345 e. The van der Waals surface area contributed by atoms with Crippen molar-refractivity contribution in [3.8, 4) is 0 Å². The zero-order valence-electron chi connectivity index (χ0n) is 14.4. The fourth-order valence-electron chi connectivity index (χ4n) is 3.93. The maximum atomic E-state index is 12.6. The molecule has 1 aromatic carbocycles. The highest BCUT2D eigenvalue weighted by atomic mass is 35.5. The fraction of sp³-hybridized carbons (Fsp3) is 0.611. The largest absolute Gasteiger partial charge is 0.345 e. The molecule has 3 rings (SSSR count). The number of carbonyl (C=O) groups excluding carboxylic acids is 1. The number of hydrogen-bond donors (Lipinski definition) is 2. The molecule has 140 valence electrons. The predicted molar refractivity (Wildman–Crippen MR) is 101 cm³/mol. The molecule has 7 heteroatoms. The van der Waals surface area contributed by atoms with Gasteiger partial charge in [-0.15, -0.1) is 12.4 Å². The molecule has 0 radical (unpaired) electrons. The van der Waals surface area contributed by atoms with E-state index in [0.717, 1.165) is 51.4 Å². The van der Waals surface area contributed by atoms with Gasteiger partial charge in [-0.1, -0.05) is 25.7 Å². The molecular weight excluding hydrogens is 360 g/mol. The maximum Gasteiger partial charge on any atom is 0.251 e. The molecule has 0 aliphatic heterocycles. The van der Waals surface area contributed by atoms with Crippen LogP contribution in [0.4, 0.5) is 0 Å². The smallest absolute Gasteiger partial charge is 0.251 e. The van der Waals surface area contributed by atoms with Crippen molar-refractivity contribution >= 4 is 28.2 Å². The molecule has 3 N–H and O–H groups in total. The number of halogens is 1. The highest BCUT2D eigenvalue weighted by molar-refractivity contribution is 7.92. The van der Waals surface area contributed by atoms with E-state index in [9.17, 15) is 13.2 Å². The van der Waals surface area contributed by atoms with Crippen LogP contribution in [0.15, 0.2) is 29.2 Å². The zero-order chi connectivity index (χ0) is 17.2. The van der Waals surface area contributed by atoms with E-state index in [0.29, 0.717) is 17.0 Å². The van der Waals surface area contributed by atoms with Gasteiger partial charge in [0.05, 0.1) is 15.7 Å². The molecule has 2 aliphatic rings. The second-order valence-corrected chi connectivity index (χ2v) is 9.35. The van der Waals surface area contributed by atoms with Crippen LogP contribution in [-0.2, 0) is 9.84 Å². The van der Waals surface area contributed by atoms with Crippen LogP contribution in [0.1, 0.15) is 61.7 Å². The Morgan fingerprint density at radius 1 is 1.08 bits per heavy atom. The topological polar surface area (TPSA) is 89.3 Å². The molecule has 25 heavy (non-hydrogen) atoms. The number of rotatable bonds is 5. The van der Waals surface area contributed by atoms with E-state index < -0.39 is 9.84 Å². The molecule has 5 nitrogen and oxygen atoms in total. The third-order valence-corrected chi connectivity index (χ3v) is 7.79. The summed E-state index contributed by atoms with van der Waals surface area (Å²) in [4.78, 5) is 12.8. The number of carbonyl (C=O) groups is 1. The standard InChI is InChI=1S/C18H26N2O3S.ClH/c19-13-18(11-3-4-12-18)20-17(21)14-7-9-16(10-8-14)24(22,23)15-5-1-2-6-15;/h7-10,15H,1-6,11-13,19H2,(H,20,21);1H. The fourth-order valence-corrected chi connectivity index (χ4v) is 5.79. The minimum atomic E-state index is -3.27. The lowest BCUT2D eigenvalue weighted by Gasteiger charge is -2.28. The van der Waals surface area contributed by atoms with E-state index in [1.807, 2.05) is 0 Å². The normalized spacial score (nSPS) is 20.2. The van der Waals surface area contributed by atoms with Crippen molar-refractivity contribution in [1.82, 2.24) is 5.32 Å². The number of benzene rings is 1. The predicted octanol–water partition coefficient (Wildman–Crippen LogP) is 2.83. The summed E-state index contributed by atoms with van der Waals surface area (Å²) in [5.41, 5.74) is 6.04. The van der Waals surface area contributed by atoms with Crippen molar-refractivity contribution in [2.75, 3.05) is 6.54 Å². The van der Waals surface area contributed by atoms with Crippen molar-refractivity contribution in [3.63, 3.8) is 0 Å². The van der Waals surface area contributed by atoms with Crippen molar-refractivity contribution in [2.24, 2.45) is 5.73 Å². The molecule has 2 aliphatic carbocycles. The van der Waals surface area contributed by atoms with Gasteiger partial charge in [0.1, 0.15) is 0 Å². The molecular formula is C18H27ClN2O3S. The molecule has 0 aromatic heterocycles. The van der Waals surface area contributed by atoms with Gasteiger partial charge in [0.15, 0.2) is 9.84 Å². The highest BCUT2D eigenvalue weighted by Crippen LogP contribution is 2.30. The number of hydrogen-bond acceptors (Lipinski definition) is 4. The molecule has 1 aromatic rings. The Labute approximate surface area is 156 Å². The molecule has 0 unspecified atom stereocenters. The van der Waals surface area contributed by atoms with Crippen molar-refractivity contribution in [2.45, 2.75) is 67.1 Å². The minimum absolute atomic E-state index is 0. The molecule has 0 atom stereocenters. The van der Waals surface area contributed by atoms with Crippen LogP contribution in [0.5, 0.6) is 0 Å². The summed E-state index contributed by atoms with van der Waals surface area (Å²) in [6.07, 6.45) is 7.41. The van der Waals surface area contributed by atoms with Crippen LogP contribution >= 0.6 is 12.4 Å². The summed E-state index contributed by atoms with van der Waals surface area (Å²) in [6, 6.07) is 6.34. The number of nitrogens with two attached hydrogens (primary N) is 1. The Hall–Kier alpha value is -1.11. The first-order valence-corrected chi connectivity index (χ1v) is 10.4. The Bertz CT molecular complexity index is 692. The lowest BCUT2D eigenvalue weighted by atomic mass is 9.97. The van der Waals surface area contributed by atoms with Gasteiger partial charge in [-0.3, -0.25) is 4.79 Å². The second kappa shape index (κ2) is 8.06. The number of sulfone groups is 1. The van der Waals surface area contributed by atoms with E-state index in [1.165, 1.54) is 0 Å². The molecule has 0 saturated heterocycles. The van der Waals surface area contributed by atoms with Crippen molar-refractivity contribution < 1.29 is 13.2 Å². The third-order valence-electron chi connectivity index (χ3n) is 5.52. The van der Waals surface area contributed by atoms with Crippen LogP contribution in [0.2, 0.25) is 0 Å². The van der Waals surface area contributed by atoms with E-state index in [-0.39, 0.29) is 29.1 Å². The van der Waals surface area contributed by atoms with Crippen LogP contribution in [0, 0.1) is 0 Å². The van der Waals surface area contributed by atoms with Crippen LogP contribution < -0.4 is 11.1 Å². The molecule has 0 heterocycles. The average molecular weight is 387 g/mol. The first kappa shape index (κ1) is 20.2. The lowest BCUT2D eigenvalue weighted by Crippen LogP contribution is -2.51. The van der Waals surface area contributed by atoms with Gasteiger partial charge in [0.25, 0.3) is 5.91 Å². The monoisotopic (exact) mass is 386 g/mol. The lowest BCUT2D eigenvalue weighted by molar-refractivity contribution is 0.0903. The summed E-state index contributed by atoms with van der Waals surface area (Å²) in [6.45, 7) is 0.437. The summed E-state index contributed by atoms with van der Waals surface area (Å²) >= 11 is 0. The molecule has 2 saturated carbocycles. The van der Waals surface area contributed by atoms with Gasteiger partial charge in [0, 0.05) is 12.1 Å². The summed E-state index contributed by atoms with van der Waals surface area (Å²) < 4.78 is 25.1. The van der Waals surface area contributed by atoms with Gasteiger partial charge in [0.2, 0.25) is 0 Å². The zero-order valence-corrected chi connectivity index (χ0v) is 16.0. The third kappa shape index (κ3) is 4.18. The molecule has 1 amide bonds. The van der Waals surface area contributed by atoms with Gasteiger partial charge in [-0.2, -0.15) is 0 Å². The first-order chi connectivity index (χ1) is 11.5. The highest BCUT2D eigenvalue weighted by Gasteiger charge is 2.34. The quantitative estimate of drug-likeness (QED) is 0.814. The maximum absolute atomic E-state index is 12.6. The summed E-state index contributed by atoms with van der Waals surface area (Å²) in [5.74, 6) is -0.174. The van der Waals surface area contributed by atoms with Gasteiger partial charge >= 0.3 is 0 Å². The average Bonchev–Trinajstić information content (AvgIpc) is 3.27. The van der Waals surface area contributed by atoms with E-state index in [1.54, 1.807) is 24.3 Å². The molecule has 0 bridgehead atoms.